The van der Waals surface area contributed by atoms with Crippen molar-refractivity contribution in [3.05, 3.63) is 62.9 Å². The van der Waals surface area contributed by atoms with Crippen LogP contribution in [-0.2, 0) is 23.9 Å². The number of ether oxygens (including phenoxy) is 2. The van der Waals surface area contributed by atoms with Crippen LogP contribution in [-0.4, -0.2) is 32.3 Å². The number of benzene rings is 1. The Morgan fingerprint density at radius 2 is 1.93 bits per heavy atom. The van der Waals surface area contributed by atoms with E-state index in [4.69, 9.17) is 14.3 Å². The van der Waals surface area contributed by atoms with Gasteiger partial charge >= 0.3 is 11.9 Å². The van der Waals surface area contributed by atoms with Crippen molar-refractivity contribution in [2.45, 2.75) is 18.6 Å². The van der Waals surface area contributed by atoms with Gasteiger partial charge in [-0.15, -0.1) is 17.9 Å². The Morgan fingerprint density at radius 1 is 1.25 bits per heavy atom. The largest absolute Gasteiger partial charge is 0.468 e. The van der Waals surface area contributed by atoms with Gasteiger partial charge in [0, 0.05) is 14.9 Å². The Kier molecular flexibility index (Phi) is 6.41. The number of carbonyl (C=O) groups excluding carboxylic acids is 2. The van der Waals surface area contributed by atoms with E-state index in [0.717, 1.165) is 14.1 Å². The highest BCUT2D eigenvalue weighted by Gasteiger charge is 2.62. The topological polar surface area (TPSA) is 65.1 Å². The van der Waals surface area contributed by atoms with E-state index in [1.165, 1.54) is 25.6 Å². The number of anilines is 1. The van der Waals surface area contributed by atoms with Crippen molar-refractivity contribution in [3.8, 4) is 0 Å². The maximum atomic E-state index is 13.1. The molecule has 0 N–H and O–H groups in total. The second kappa shape index (κ2) is 8.62. The fourth-order valence-corrected chi connectivity index (χ4v) is 4.99. The van der Waals surface area contributed by atoms with Crippen molar-refractivity contribution in [1.82, 2.24) is 0 Å². The maximum absolute atomic E-state index is 13.1. The molecular formula is C20H20INO5S. The molecular weight excluding hydrogens is 493 g/mol. The van der Waals surface area contributed by atoms with Gasteiger partial charge in [0.1, 0.15) is 12.1 Å². The number of esters is 2. The van der Waals surface area contributed by atoms with E-state index in [0.29, 0.717) is 0 Å². The summed E-state index contributed by atoms with van der Waals surface area (Å²) in [7, 11) is 2.54. The van der Waals surface area contributed by atoms with Crippen LogP contribution in [0.1, 0.15) is 17.3 Å². The van der Waals surface area contributed by atoms with Crippen LogP contribution in [0.15, 0.2) is 54.4 Å². The van der Waals surface area contributed by atoms with Crippen LogP contribution in [0.4, 0.5) is 5.69 Å². The van der Waals surface area contributed by atoms with Crippen LogP contribution in [0.25, 0.3) is 0 Å². The summed E-state index contributed by atoms with van der Waals surface area (Å²) in [6.45, 7) is 3.80. The molecule has 0 saturated carbocycles. The lowest BCUT2D eigenvalue weighted by Gasteiger charge is -2.48. The molecule has 0 bridgehead atoms. The zero-order valence-electron chi connectivity index (χ0n) is 15.5. The number of hydrogen-bond donors (Lipinski definition) is 0. The third-order valence-corrected chi connectivity index (χ3v) is 6.58. The summed E-state index contributed by atoms with van der Waals surface area (Å²) in [5.41, 5.74) is -0.866. The van der Waals surface area contributed by atoms with Gasteiger partial charge < -0.3 is 9.47 Å². The first-order chi connectivity index (χ1) is 13.5. The highest BCUT2D eigenvalue weighted by Crippen LogP contribution is 2.52. The standard InChI is InChI=1S/C20H20INO5S/c1-4-13-12-20(18(23)25-2,19(24)26-3)17(16-10-7-11-28-16)22(27-13)15-9-6-5-8-14(15)21/h4-11,13,17H,1,12H2,2-3H3/t13-,17+/m0/s1. The molecule has 2 heterocycles. The second-order valence-electron chi connectivity index (χ2n) is 6.23. The number of hydroxylamine groups is 1. The predicted molar refractivity (Wildman–Crippen MR) is 115 cm³/mol. The third-order valence-electron chi connectivity index (χ3n) is 4.74. The minimum atomic E-state index is -1.61. The molecule has 1 saturated heterocycles. The van der Waals surface area contributed by atoms with Gasteiger partial charge in [-0.25, -0.2) is 5.06 Å². The molecule has 1 aliphatic rings. The fraction of sp³-hybridized carbons (Fsp3) is 0.300. The van der Waals surface area contributed by atoms with Crippen LogP contribution in [0.3, 0.4) is 0 Å². The van der Waals surface area contributed by atoms with E-state index in [1.54, 1.807) is 11.1 Å². The van der Waals surface area contributed by atoms with E-state index in [1.807, 2.05) is 41.8 Å². The summed E-state index contributed by atoms with van der Waals surface area (Å²) in [4.78, 5) is 33.1. The van der Waals surface area contributed by atoms with Crippen LogP contribution in [0.5, 0.6) is 0 Å². The number of para-hydroxylation sites is 1. The number of nitrogens with zero attached hydrogens (tertiary/aromatic N) is 1. The van der Waals surface area contributed by atoms with Crippen LogP contribution >= 0.6 is 33.9 Å². The van der Waals surface area contributed by atoms with Crippen molar-refractivity contribution in [2.75, 3.05) is 19.3 Å². The van der Waals surface area contributed by atoms with Gasteiger partial charge in [-0.05, 0) is 46.2 Å². The van der Waals surface area contributed by atoms with Crippen LogP contribution in [0, 0.1) is 8.99 Å². The molecule has 1 aromatic heterocycles. The Morgan fingerprint density at radius 3 is 2.46 bits per heavy atom. The summed E-state index contributed by atoms with van der Waals surface area (Å²) < 4.78 is 11.1. The number of carbonyl (C=O) groups is 2. The number of thiophene rings is 1. The van der Waals surface area contributed by atoms with Gasteiger partial charge in [0.15, 0.2) is 5.41 Å². The molecule has 6 nitrogen and oxygen atoms in total. The van der Waals surface area contributed by atoms with E-state index >= 15 is 0 Å². The van der Waals surface area contributed by atoms with Gasteiger partial charge in [0.05, 0.1) is 19.9 Å². The van der Waals surface area contributed by atoms with Crippen molar-refractivity contribution >= 4 is 51.6 Å². The zero-order valence-corrected chi connectivity index (χ0v) is 18.4. The first-order valence-corrected chi connectivity index (χ1v) is 10.5. The van der Waals surface area contributed by atoms with Gasteiger partial charge in [0.2, 0.25) is 0 Å². The van der Waals surface area contributed by atoms with Crippen molar-refractivity contribution in [3.63, 3.8) is 0 Å². The lowest BCUT2D eigenvalue weighted by Crippen LogP contribution is -2.58. The van der Waals surface area contributed by atoms with Crippen molar-refractivity contribution in [1.29, 1.82) is 0 Å². The molecule has 1 aliphatic heterocycles. The average Bonchev–Trinajstić information content (AvgIpc) is 3.26. The van der Waals surface area contributed by atoms with Crippen LogP contribution < -0.4 is 5.06 Å². The number of methoxy groups -OCH3 is 2. The molecule has 0 aliphatic carbocycles. The Labute approximate surface area is 181 Å². The molecule has 0 amide bonds. The maximum Gasteiger partial charge on any atom is 0.326 e. The average molecular weight is 513 g/mol. The molecule has 1 fully saturated rings. The zero-order chi connectivity index (χ0) is 20.3. The lowest BCUT2D eigenvalue weighted by atomic mass is 9.73. The number of halogens is 1. The summed E-state index contributed by atoms with van der Waals surface area (Å²) >= 11 is 3.63. The number of rotatable bonds is 5. The van der Waals surface area contributed by atoms with E-state index < -0.39 is 29.5 Å². The smallest absolute Gasteiger partial charge is 0.326 e. The van der Waals surface area contributed by atoms with Crippen LogP contribution in [0.2, 0.25) is 0 Å². The van der Waals surface area contributed by atoms with E-state index in [-0.39, 0.29) is 6.42 Å². The number of hydrogen-bond acceptors (Lipinski definition) is 7. The third kappa shape index (κ3) is 3.44. The van der Waals surface area contributed by atoms with Gasteiger partial charge in [-0.1, -0.05) is 24.3 Å². The molecule has 3 rings (SSSR count). The van der Waals surface area contributed by atoms with E-state index in [2.05, 4.69) is 29.2 Å². The highest BCUT2D eigenvalue weighted by molar-refractivity contribution is 14.1. The van der Waals surface area contributed by atoms with Crippen molar-refractivity contribution in [2.24, 2.45) is 5.41 Å². The minimum Gasteiger partial charge on any atom is -0.468 e. The van der Waals surface area contributed by atoms with E-state index in [9.17, 15) is 9.59 Å². The summed E-state index contributed by atoms with van der Waals surface area (Å²) in [5, 5.41) is 3.51. The fourth-order valence-electron chi connectivity index (χ4n) is 3.47. The minimum absolute atomic E-state index is 0.0678. The van der Waals surface area contributed by atoms with Gasteiger partial charge in [-0.2, -0.15) is 0 Å². The molecule has 148 valence electrons. The second-order valence-corrected chi connectivity index (χ2v) is 8.37. The Bertz CT molecular complexity index is 853. The molecule has 8 heteroatoms. The molecule has 1 aromatic carbocycles. The molecule has 2 aromatic rings. The highest BCUT2D eigenvalue weighted by atomic mass is 127. The quantitative estimate of drug-likeness (QED) is 0.260. The monoisotopic (exact) mass is 513 g/mol. The van der Waals surface area contributed by atoms with Gasteiger partial charge in [-0.3, -0.25) is 14.4 Å². The Hall–Kier alpha value is -1.91. The van der Waals surface area contributed by atoms with Crippen molar-refractivity contribution < 1.29 is 23.9 Å². The summed E-state index contributed by atoms with van der Waals surface area (Å²) in [5.74, 6) is -1.33. The molecule has 0 radical (unpaired) electrons. The summed E-state index contributed by atoms with van der Waals surface area (Å²) in [6.07, 6.45) is 1.07. The SMILES string of the molecule is C=C[C@H]1CC(C(=O)OC)(C(=O)OC)[C@@H](c2cccs2)N(c2ccccc2I)O1. The van der Waals surface area contributed by atoms with Gasteiger partial charge in [0.25, 0.3) is 0 Å². The normalized spacial score (nSPS) is 21.0. The molecule has 0 unspecified atom stereocenters. The molecule has 0 spiro atoms. The molecule has 28 heavy (non-hydrogen) atoms. The summed E-state index contributed by atoms with van der Waals surface area (Å²) in [6, 6.07) is 10.6. The lowest BCUT2D eigenvalue weighted by molar-refractivity contribution is -0.183. The first-order valence-electron chi connectivity index (χ1n) is 8.53. The first kappa shape index (κ1) is 20.8. The predicted octanol–water partition coefficient (Wildman–Crippen LogP) is 4.12. The Balaban J connectivity index is 2.29. The molecule has 2 atom stereocenters.